The highest BCUT2D eigenvalue weighted by Crippen LogP contribution is 2.25. The van der Waals surface area contributed by atoms with Crippen LogP contribution in [0, 0.1) is 5.92 Å². The Balaban J connectivity index is 3.44. The lowest BCUT2D eigenvalue weighted by Gasteiger charge is -2.15. The van der Waals surface area contributed by atoms with Crippen LogP contribution < -0.4 is 0 Å². The minimum absolute atomic E-state index is 0.956. The summed E-state index contributed by atoms with van der Waals surface area (Å²) in [5.74, 6) is 2.26. The third kappa shape index (κ3) is 13.3. The molecule has 0 heterocycles. The Morgan fingerprint density at radius 1 is 0.722 bits per heavy atom. The van der Waals surface area contributed by atoms with Crippen LogP contribution >= 0.6 is 25.0 Å². The SMILES string of the molecule is CCCCCCCCC(CCCCCC)CSBr. The van der Waals surface area contributed by atoms with Crippen molar-refractivity contribution in [2.75, 3.05) is 5.75 Å². The van der Waals surface area contributed by atoms with Gasteiger partial charge in [-0.2, -0.15) is 0 Å². The molecule has 0 bridgehead atoms. The predicted octanol–water partition coefficient (Wildman–Crippen LogP) is 7.37. The van der Waals surface area contributed by atoms with Crippen molar-refractivity contribution < 1.29 is 0 Å². The molecule has 0 radical (unpaired) electrons. The Morgan fingerprint density at radius 2 is 1.17 bits per heavy atom. The molecule has 1 unspecified atom stereocenters. The summed E-state index contributed by atoms with van der Waals surface area (Å²) >= 11 is 3.53. The van der Waals surface area contributed by atoms with Gasteiger partial charge in [0.15, 0.2) is 0 Å². The van der Waals surface area contributed by atoms with E-state index in [-0.39, 0.29) is 0 Å². The number of hydrogen-bond donors (Lipinski definition) is 0. The lowest BCUT2D eigenvalue weighted by Crippen LogP contribution is -2.03. The Morgan fingerprint density at radius 3 is 1.67 bits per heavy atom. The van der Waals surface area contributed by atoms with Gasteiger partial charge in [-0.05, 0) is 33.6 Å². The van der Waals surface area contributed by atoms with E-state index in [1.807, 2.05) is 10.2 Å². The molecule has 0 saturated carbocycles. The van der Waals surface area contributed by atoms with Crippen molar-refractivity contribution in [2.45, 2.75) is 90.9 Å². The van der Waals surface area contributed by atoms with Gasteiger partial charge in [0, 0.05) is 5.75 Å². The third-order valence-corrected chi connectivity index (χ3v) is 5.12. The standard InChI is InChI=1S/C16H33BrS/c1-3-5-7-9-10-12-14-16(15-18-17)13-11-8-6-4-2/h16H,3-15H2,1-2H3. The summed E-state index contributed by atoms with van der Waals surface area (Å²) in [5, 5.41) is 0. The zero-order valence-electron chi connectivity index (χ0n) is 12.6. The van der Waals surface area contributed by atoms with E-state index in [0.717, 1.165) is 5.92 Å². The van der Waals surface area contributed by atoms with Crippen LogP contribution in [0.15, 0.2) is 0 Å². The average molecular weight is 337 g/mol. The quantitative estimate of drug-likeness (QED) is 0.298. The molecule has 0 aromatic heterocycles. The number of unbranched alkanes of at least 4 members (excludes halogenated alkanes) is 8. The van der Waals surface area contributed by atoms with Gasteiger partial charge in [-0.15, -0.1) is 0 Å². The minimum atomic E-state index is 0.956. The summed E-state index contributed by atoms with van der Waals surface area (Å²) in [4.78, 5) is 0. The van der Waals surface area contributed by atoms with E-state index in [1.54, 1.807) is 0 Å². The third-order valence-electron chi connectivity index (χ3n) is 3.73. The van der Waals surface area contributed by atoms with E-state index in [2.05, 4.69) is 28.7 Å². The van der Waals surface area contributed by atoms with Crippen molar-refractivity contribution in [1.82, 2.24) is 0 Å². The fourth-order valence-corrected chi connectivity index (χ4v) is 4.11. The number of halogens is 1. The molecule has 0 amide bonds. The Bertz CT molecular complexity index is 150. The summed E-state index contributed by atoms with van der Waals surface area (Å²) in [5.41, 5.74) is 0. The fourth-order valence-electron chi connectivity index (χ4n) is 2.47. The molecule has 0 nitrogen and oxygen atoms in total. The van der Waals surface area contributed by atoms with E-state index >= 15 is 0 Å². The van der Waals surface area contributed by atoms with Gasteiger partial charge >= 0.3 is 0 Å². The monoisotopic (exact) mass is 336 g/mol. The van der Waals surface area contributed by atoms with Gasteiger partial charge in [-0.1, -0.05) is 88.3 Å². The first-order valence-corrected chi connectivity index (χ1v) is 10.9. The molecule has 0 aliphatic carbocycles. The summed E-state index contributed by atoms with van der Waals surface area (Å²) in [6, 6.07) is 0. The summed E-state index contributed by atoms with van der Waals surface area (Å²) in [6.07, 6.45) is 17.2. The van der Waals surface area contributed by atoms with E-state index in [9.17, 15) is 0 Å². The highest BCUT2D eigenvalue weighted by molar-refractivity contribution is 9.50. The average Bonchev–Trinajstić information content (AvgIpc) is 2.38. The molecule has 0 aromatic carbocycles. The van der Waals surface area contributed by atoms with Crippen molar-refractivity contribution in [3.05, 3.63) is 0 Å². The highest BCUT2D eigenvalue weighted by atomic mass is 79.9. The van der Waals surface area contributed by atoms with Crippen molar-refractivity contribution >= 4 is 25.0 Å². The van der Waals surface area contributed by atoms with Crippen LogP contribution in [0.2, 0.25) is 0 Å². The molecule has 1 atom stereocenters. The number of hydrogen-bond acceptors (Lipinski definition) is 1. The Kier molecular flexibility index (Phi) is 16.6. The molecule has 0 aliphatic heterocycles. The molecule has 0 rings (SSSR count). The van der Waals surface area contributed by atoms with Gasteiger partial charge in [0.2, 0.25) is 0 Å². The first kappa shape index (κ1) is 18.8. The van der Waals surface area contributed by atoms with Gasteiger partial charge in [0.25, 0.3) is 0 Å². The molecule has 18 heavy (non-hydrogen) atoms. The van der Waals surface area contributed by atoms with Crippen molar-refractivity contribution in [1.29, 1.82) is 0 Å². The fraction of sp³-hybridized carbons (Fsp3) is 1.00. The maximum absolute atomic E-state index is 3.53. The number of rotatable bonds is 14. The highest BCUT2D eigenvalue weighted by Gasteiger charge is 2.08. The molecule has 0 fully saturated rings. The molecule has 0 aromatic rings. The molecule has 2 heteroatoms. The van der Waals surface area contributed by atoms with E-state index in [0.29, 0.717) is 0 Å². The molecular formula is C16H33BrS. The largest absolute Gasteiger partial charge is 0.0833 e. The predicted molar refractivity (Wildman–Crippen MR) is 91.6 cm³/mol. The maximum Gasteiger partial charge on any atom is 0.00709 e. The van der Waals surface area contributed by atoms with Crippen LogP contribution in [-0.2, 0) is 0 Å². The first-order chi connectivity index (χ1) is 8.85. The zero-order chi connectivity index (χ0) is 13.5. The van der Waals surface area contributed by atoms with Gasteiger partial charge in [0.1, 0.15) is 0 Å². The van der Waals surface area contributed by atoms with Gasteiger partial charge < -0.3 is 0 Å². The molecule has 110 valence electrons. The zero-order valence-corrected chi connectivity index (χ0v) is 15.0. The van der Waals surface area contributed by atoms with Crippen LogP contribution in [0.5, 0.6) is 0 Å². The van der Waals surface area contributed by atoms with Crippen LogP contribution in [-0.4, -0.2) is 5.75 Å². The lowest BCUT2D eigenvalue weighted by atomic mass is 9.96. The van der Waals surface area contributed by atoms with Gasteiger partial charge in [0.05, 0.1) is 0 Å². The van der Waals surface area contributed by atoms with Crippen LogP contribution in [0.3, 0.4) is 0 Å². The van der Waals surface area contributed by atoms with Crippen LogP contribution in [0.1, 0.15) is 90.9 Å². The van der Waals surface area contributed by atoms with E-state index in [4.69, 9.17) is 0 Å². The molecule has 0 spiro atoms. The maximum atomic E-state index is 3.53. The van der Waals surface area contributed by atoms with Crippen molar-refractivity contribution in [2.24, 2.45) is 5.92 Å². The normalized spacial score (nSPS) is 12.8. The lowest BCUT2D eigenvalue weighted by molar-refractivity contribution is 0.440. The molecular weight excluding hydrogens is 304 g/mol. The van der Waals surface area contributed by atoms with E-state index in [1.165, 1.54) is 82.8 Å². The Labute approximate surface area is 127 Å². The topological polar surface area (TPSA) is 0 Å². The Hall–Kier alpha value is 0.830. The first-order valence-electron chi connectivity index (χ1n) is 8.08. The second kappa shape index (κ2) is 15.9. The second-order valence-corrected chi connectivity index (χ2v) is 7.47. The van der Waals surface area contributed by atoms with Gasteiger partial charge in [-0.3, -0.25) is 0 Å². The van der Waals surface area contributed by atoms with E-state index < -0.39 is 0 Å². The second-order valence-electron chi connectivity index (χ2n) is 5.55. The summed E-state index contributed by atoms with van der Waals surface area (Å²) in [6.45, 7) is 4.58. The smallest absolute Gasteiger partial charge is 0.00709 e. The minimum Gasteiger partial charge on any atom is -0.0833 e. The summed E-state index contributed by atoms with van der Waals surface area (Å²) in [7, 11) is 1.86. The molecule has 0 aliphatic rings. The van der Waals surface area contributed by atoms with Gasteiger partial charge in [-0.25, -0.2) is 0 Å². The molecule has 0 N–H and O–H groups in total. The molecule has 0 saturated heterocycles. The van der Waals surface area contributed by atoms with Crippen LogP contribution in [0.4, 0.5) is 0 Å². The van der Waals surface area contributed by atoms with Crippen molar-refractivity contribution in [3.63, 3.8) is 0 Å². The van der Waals surface area contributed by atoms with Crippen LogP contribution in [0.25, 0.3) is 0 Å². The summed E-state index contributed by atoms with van der Waals surface area (Å²) < 4.78 is 0. The van der Waals surface area contributed by atoms with Crippen molar-refractivity contribution in [3.8, 4) is 0 Å².